The first-order valence-corrected chi connectivity index (χ1v) is 9.56. The fourth-order valence-electron chi connectivity index (χ4n) is 2.50. The van der Waals surface area contributed by atoms with Crippen molar-refractivity contribution in [2.45, 2.75) is 23.8 Å². The Kier molecular flexibility index (Phi) is 6.59. The summed E-state index contributed by atoms with van der Waals surface area (Å²) in [4.78, 5) is 12.4. The first kappa shape index (κ1) is 19.8. The molecule has 7 nitrogen and oxygen atoms in total. The molecule has 3 rings (SSSR count). The third kappa shape index (κ3) is 5.07. The summed E-state index contributed by atoms with van der Waals surface area (Å²) < 4.78 is 20.0. The average molecular weight is 401 g/mol. The predicted molar refractivity (Wildman–Crippen MR) is 104 cm³/mol. The zero-order chi connectivity index (χ0) is 19.9. The molecule has 2 aromatic carbocycles. The standard InChI is InChI=1S/C19H20FN5O2S/c1-13(18(26)21-11-10-14-6-8-17(27-2)9-7-14)28-19-22-23-24-25(19)16-5-3-4-15(20)12-16/h3-9,12-13H,10-11H2,1-2H3,(H,21,26)/t13-/m1/s1. The van der Waals surface area contributed by atoms with E-state index in [1.807, 2.05) is 24.3 Å². The summed E-state index contributed by atoms with van der Waals surface area (Å²) in [6.07, 6.45) is 0.716. The lowest BCUT2D eigenvalue weighted by Crippen LogP contribution is -2.32. The van der Waals surface area contributed by atoms with Gasteiger partial charge in [0.1, 0.15) is 11.6 Å². The van der Waals surface area contributed by atoms with Crippen LogP contribution < -0.4 is 10.1 Å². The molecule has 0 radical (unpaired) electrons. The lowest BCUT2D eigenvalue weighted by Gasteiger charge is -2.12. The van der Waals surface area contributed by atoms with Crippen LogP contribution in [-0.4, -0.2) is 45.0 Å². The second-order valence-corrected chi connectivity index (χ2v) is 7.31. The van der Waals surface area contributed by atoms with Gasteiger partial charge in [-0.3, -0.25) is 4.79 Å². The maximum Gasteiger partial charge on any atom is 0.233 e. The van der Waals surface area contributed by atoms with Crippen molar-refractivity contribution in [2.24, 2.45) is 0 Å². The number of carbonyl (C=O) groups is 1. The molecule has 1 atom stereocenters. The molecule has 0 unspecified atom stereocenters. The van der Waals surface area contributed by atoms with Crippen LogP contribution in [0.25, 0.3) is 5.69 Å². The van der Waals surface area contributed by atoms with Crippen molar-refractivity contribution in [3.63, 3.8) is 0 Å². The maximum absolute atomic E-state index is 13.4. The number of rotatable bonds is 8. The third-order valence-corrected chi connectivity index (χ3v) is 5.05. The van der Waals surface area contributed by atoms with Crippen molar-refractivity contribution in [1.82, 2.24) is 25.5 Å². The summed E-state index contributed by atoms with van der Waals surface area (Å²) in [5.41, 5.74) is 1.61. The summed E-state index contributed by atoms with van der Waals surface area (Å²) in [6.45, 7) is 2.29. The van der Waals surface area contributed by atoms with Crippen LogP contribution in [-0.2, 0) is 11.2 Å². The van der Waals surface area contributed by atoms with Gasteiger partial charge in [-0.1, -0.05) is 30.0 Å². The lowest BCUT2D eigenvalue weighted by molar-refractivity contribution is -0.120. The predicted octanol–water partition coefficient (Wildman–Crippen LogP) is 2.65. The van der Waals surface area contributed by atoms with Gasteiger partial charge in [0, 0.05) is 6.54 Å². The van der Waals surface area contributed by atoms with Gasteiger partial charge in [0.15, 0.2) is 0 Å². The Balaban J connectivity index is 1.54. The van der Waals surface area contributed by atoms with Crippen molar-refractivity contribution in [1.29, 1.82) is 0 Å². The van der Waals surface area contributed by atoms with Gasteiger partial charge in [0.2, 0.25) is 11.1 Å². The van der Waals surface area contributed by atoms with Gasteiger partial charge in [0.05, 0.1) is 18.0 Å². The molecule has 0 spiro atoms. The molecule has 1 aromatic heterocycles. The topological polar surface area (TPSA) is 81.9 Å². The van der Waals surface area contributed by atoms with Gasteiger partial charge < -0.3 is 10.1 Å². The van der Waals surface area contributed by atoms with Gasteiger partial charge in [-0.25, -0.2) is 4.39 Å². The number of halogens is 1. The van der Waals surface area contributed by atoms with Crippen LogP contribution in [0.15, 0.2) is 53.7 Å². The molecule has 0 aliphatic carbocycles. The number of tetrazole rings is 1. The number of nitrogens with one attached hydrogen (secondary N) is 1. The van der Waals surface area contributed by atoms with Gasteiger partial charge in [-0.15, -0.1) is 5.10 Å². The van der Waals surface area contributed by atoms with Crippen molar-refractivity contribution < 1.29 is 13.9 Å². The van der Waals surface area contributed by atoms with Crippen molar-refractivity contribution >= 4 is 17.7 Å². The summed E-state index contributed by atoms with van der Waals surface area (Å²) in [7, 11) is 1.62. The first-order valence-electron chi connectivity index (χ1n) is 8.68. The first-order chi connectivity index (χ1) is 13.6. The van der Waals surface area contributed by atoms with Gasteiger partial charge in [-0.2, -0.15) is 4.68 Å². The molecule has 1 N–H and O–H groups in total. The molecule has 0 aliphatic rings. The summed E-state index contributed by atoms with van der Waals surface area (Å²) in [5.74, 6) is 0.300. The van der Waals surface area contributed by atoms with E-state index in [1.54, 1.807) is 26.2 Å². The molecule has 1 amide bonds. The Bertz CT molecular complexity index is 932. The maximum atomic E-state index is 13.4. The van der Waals surface area contributed by atoms with Crippen molar-refractivity contribution in [3.8, 4) is 11.4 Å². The number of methoxy groups -OCH3 is 1. The molecule has 9 heteroatoms. The number of nitrogens with zero attached hydrogens (tertiary/aromatic N) is 4. The Morgan fingerprint density at radius 3 is 2.79 bits per heavy atom. The molecule has 146 valence electrons. The van der Waals surface area contributed by atoms with E-state index in [2.05, 4.69) is 20.8 Å². The Labute approximate surface area is 166 Å². The minimum absolute atomic E-state index is 0.118. The van der Waals surface area contributed by atoms with E-state index < -0.39 is 5.25 Å². The smallest absolute Gasteiger partial charge is 0.233 e. The van der Waals surface area contributed by atoms with E-state index >= 15 is 0 Å². The number of hydrogen-bond donors (Lipinski definition) is 1. The number of thioether (sulfide) groups is 1. The molecule has 0 saturated carbocycles. The minimum Gasteiger partial charge on any atom is -0.497 e. The highest BCUT2D eigenvalue weighted by Gasteiger charge is 2.19. The monoisotopic (exact) mass is 401 g/mol. The molecule has 3 aromatic rings. The highest BCUT2D eigenvalue weighted by atomic mass is 32.2. The Morgan fingerprint density at radius 2 is 2.07 bits per heavy atom. The molecule has 0 bridgehead atoms. The van der Waals surface area contributed by atoms with Gasteiger partial charge in [0.25, 0.3) is 0 Å². The number of aromatic nitrogens is 4. The second kappa shape index (κ2) is 9.32. The number of hydrogen-bond acceptors (Lipinski definition) is 6. The number of ether oxygens (including phenoxy) is 1. The van der Waals surface area contributed by atoms with Gasteiger partial charge >= 0.3 is 0 Å². The normalized spacial score (nSPS) is 11.8. The van der Waals surface area contributed by atoms with E-state index in [4.69, 9.17) is 4.74 Å². The molecule has 0 fully saturated rings. The van der Waals surface area contributed by atoms with Crippen LogP contribution in [0.1, 0.15) is 12.5 Å². The zero-order valence-electron chi connectivity index (χ0n) is 15.5. The van der Waals surface area contributed by atoms with Crippen LogP contribution in [0, 0.1) is 5.82 Å². The van der Waals surface area contributed by atoms with Crippen LogP contribution in [0.2, 0.25) is 0 Å². The average Bonchev–Trinajstić information content (AvgIpc) is 3.16. The minimum atomic E-state index is -0.408. The molecule has 0 aliphatic heterocycles. The Morgan fingerprint density at radius 1 is 1.29 bits per heavy atom. The summed E-state index contributed by atoms with van der Waals surface area (Å²) in [5, 5.41) is 14.4. The van der Waals surface area contributed by atoms with E-state index in [-0.39, 0.29) is 11.7 Å². The van der Waals surface area contributed by atoms with Crippen molar-refractivity contribution in [3.05, 3.63) is 59.9 Å². The molecule has 0 saturated heterocycles. The Hall–Kier alpha value is -2.94. The quantitative estimate of drug-likeness (QED) is 0.585. The van der Waals surface area contributed by atoms with E-state index in [1.165, 1.54) is 28.6 Å². The summed E-state index contributed by atoms with van der Waals surface area (Å²) in [6, 6.07) is 13.7. The van der Waals surface area contributed by atoms with Crippen LogP contribution in [0.3, 0.4) is 0 Å². The fourth-order valence-corrected chi connectivity index (χ4v) is 3.33. The van der Waals surface area contributed by atoms with Crippen LogP contribution >= 0.6 is 11.8 Å². The highest BCUT2D eigenvalue weighted by molar-refractivity contribution is 8.00. The highest BCUT2D eigenvalue weighted by Crippen LogP contribution is 2.23. The molecular weight excluding hydrogens is 381 g/mol. The van der Waals surface area contributed by atoms with Crippen molar-refractivity contribution in [2.75, 3.05) is 13.7 Å². The summed E-state index contributed by atoms with van der Waals surface area (Å²) >= 11 is 1.21. The number of benzene rings is 2. The second-order valence-electron chi connectivity index (χ2n) is 6.00. The lowest BCUT2D eigenvalue weighted by atomic mass is 10.1. The van der Waals surface area contributed by atoms with Crippen LogP contribution in [0.4, 0.5) is 4.39 Å². The van der Waals surface area contributed by atoms with Crippen LogP contribution in [0.5, 0.6) is 5.75 Å². The zero-order valence-corrected chi connectivity index (χ0v) is 16.3. The largest absolute Gasteiger partial charge is 0.497 e. The third-order valence-electron chi connectivity index (χ3n) is 4.02. The van der Waals surface area contributed by atoms with E-state index in [0.29, 0.717) is 23.8 Å². The molecule has 28 heavy (non-hydrogen) atoms. The number of amides is 1. The molecule has 1 heterocycles. The number of carbonyl (C=O) groups excluding carboxylic acids is 1. The van der Waals surface area contributed by atoms with E-state index in [0.717, 1.165) is 11.3 Å². The fraction of sp³-hybridized carbons (Fsp3) is 0.263. The SMILES string of the molecule is COc1ccc(CCNC(=O)[C@@H](C)Sc2nnnn2-c2cccc(F)c2)cc1. The van der Waals surface area contributed by atoms with Gasteiger partial charge in [-0.05, 0) is 59.7 Å². The van der Waals surface area contributed by atoms with E-state index in [9.17, 15) is 9.18 Å². The molecular formula is C19H20FN5O2S.